The molecule has 1 aliphatic rings. The Morgan fingerprint density at radius 2 is 1.81 bits per heavy atom. The third-order valence-corrected chi connectivity index (χ3v) is 7.01. The second-order valence-corrected chi connectivity index (χ2v) is 9.28. The number of benzene rings is 2. The van der Waals surface area contributed by atoms with E-state index in [1.165, 1.54) is 11.8 Å². The molecule has 1 N–H and O–H groups in total. The number of nitrogens with zero attached hydrogens (tertiary/aromatic N) is 2. The topological polar surface area (TPSA) is 62.3 Å². The first-order chi connectivity index (χ1) is 15.5. The Morgan fingerprint density at radius 1 is 1.06 bits per heavy atom. The molecular formula is C25H24ClN3O2S. The normalized spacial score (nSPS) is 14.2. The van der Waals surface area contributed by atoms with Crippen molar-refractivity contribution in [3.05, 3.63) is 88.6 Å². The van der Waals surface area contributed by atoms with Crippen LogP contribution in [0.4, 0.5) is 5.69 Å². The Kier molecular flexibility index (Phi) is 7.12. The summed E-state index contributed by atoms with van der Waals surface area (Å²) in [7, 11) is 0. The first kappa shape index (κ1) is 22.4. The summed E-state index contributed by atoms with van der Waals surface area (Å²) in [6.45, 7) is 3.52. The zero-order chi connectivity index (χ0) is 22.5. The van der Waals surface area contributed by atoms with Crippen molar-refractivity contribution in [3.8, 4) is 0 Å². The van der Waals surface area contributed by atoms with Crippen molar-refractivity contribution >= 4 is 40.9 Å². The van der Waals surface area contributed by atoms with E-state index >= 15 is 0 Å². The largest absolute Gasteiger partial charge is 0.339 e. The number of aromatic nitrogens is 1. The minimum Gasteiger partial charge on any atom is -0.339 e. The molecule has 7 heteroatoms. The number of thioether (sulfide) groups is 1. The van der Waals surface area contributed by atoms with Crippen LogP contribution < -0.4 is 5.32 Å². The van der Waals surface area contributed by atoms with Gasteiger partial charge in [-0.15, -0.1) is 0 Å². The molecule has 1 atom stereocenters. The Balaban J connectivity index is 1.52. The lowest BCUT2D eigenvalue weighted by atomic mass is 10.1. The van der Waals surface area contributed by atoms with Crippen LogP contribution in [0.3, 0.4) is 0 Å². The van der Waals surface area contributed by atoms with Gasteiger partial charge in [-0.25, -0.2) is 4.98 Å². The predicted molar refractivity (Wildman–Crippen MR) is 129 cm³/mol. The molecule has 2 amide bonds. The number of nitrogens with one attached hydrogen (secondary N) is 1. The average molecular weight is 466 g/mol. The van der Waals surface area contributed by atoms with Crippen LogP contribution >= 0.6 is 23.4 Å². The number of pyridine rings is 1. The second-order valence-electron chi connectivity index (χ2n) is 7.75. The van der Waals surface area contributed by atoms with Gasteiger partial charge in [-0.2, -0.15) is 0 Å². The number of amides is 2. The fraction of sp³-hybridized carbons (Fsp3) is 0.240. The van der Waals surface area contributed by atoms with E-state index in [4.69, 9.17) is 11.6 Å². The van der Waals surface area contributed by atoms with E-state index in [0.29, 0.717) is 21.3 Å². The number of likely N-dealkylation sites (tertiary alicyclic amines) is 1. The number of rotatable bonds is 6. The number of anilines is 1. The molecule has 3 aromatic rings. The molecule has 0 bridgehead atoms. The highest BCUT2D eigenvalue weighted by molar-refractivity contribution is 8.00. The average Bonchev–Trinajstić information content (AvgIpc) is 3.35. The minimum atomic E-state index is -0.510. The molecular weight excluding hydrogens is 442 g/mol. The van der Waals surface area contributed by atoms with Gasteiger partial charge in [-0.3, -0.25) is 9.59 Å². The van der Waals surface area contributed by atoms with Crippen LogP contribution in [0.15, 0.2) is 71.9 Å². The Hall–Kier alpha value is -2.83. The van der Waals surface area contributed by atoms with Crippen molar-refractivity contribution in [2.45, 2.75) is 30.0 Å². The van der Waals surface area contributed by atoms with Crippen LogP contribution in [0.2, 0.25) is 5.02 Å². The van der Waals surface area contributed by atoms with E-state index in [1.54, 1.807) is 24.4 Å². The number of hydrogen-bond donors (Lipinski definition) is 1. The van der Waals surface area contributed by atoms with Crippen LogP contribution in [-0.4, -0.2) is 34.8 Å². The molecule has 0 saturated carbocycles. The maximum absolute atomic E-state index is 13.2. The van der Waals surface area contributed by atoms with Crippen LogP contribution in [-0.2, 0) is 4.79 Å². The second kappa shape index (κ2) is 10.2. The molecule has 2 aromatic carbocycles. The minimum absolute atomic E-state index is 0.0140. The highest BCUT2D eigenvalue weighted by Crippen LogP contribution is 2.35. The van der Waals surface area contributed by atoms with E-state index in [2.05, 4.69) is 10.3 Å². The summed E-state index contributed by atoms with van der Waals surface area (Å²) in [6, 6.07) is 18.6. The molecule has 1 aromatic heterocycles. The third kappa shape index (κ3) is 5.31. The van der Waals surface area contributed by atoms with Crippen molar-refractivity contribution in [2.24, 2.45) is 0 Å². The van der Waals surface area contributed by atoms with Crippen molar-refractivity contribution < 1.29 is 9.59 Å². The predicted octanol–water partition coefficient (Wildman–Crippen LogP) is 5.75. The summed E-state index contributed by atoms with van der Waals surface area (Å²) in [5, 5.41) is 3.73. The molecule has 4 rings (SSSR count). The van der Waals surface area contributed by atoms with Gasteiger partial charge in [0, 0.05) is 30.0 Å². The van der Waals surface area contributed by atoms with Gasteiger partial charge in [0.05, 0.1) is 10.6 Å². The molecule has 0 spiro atoms. The molecule has 0 aliphatic carbocycles. The summed E-state index contributed by atoms with van der Waals surface area (Å²) in [5.41, 5.74) is 3.04. The lowest BCUT2D eigenvalue weighted by Crippen LogP contribution is -2.27. The Labute approximate surface area is 197 Å². The van der Waals surface area contributed by atoms with Gasteiger partial charge in [-0.1, -0.05) is 59.8 Å². The molecule has 2 heterocycles. The molecule has 1 aliphatic heterocycles. The van der Waals surface area contributed by atoms with Gasteiger partial charge in [0.1, 0.15) is 5.25 Å². The number of aryl methyl sites for hydroxylation is 1. The number of carbonyl (C=O) groups excluding carboxylic acids is 2. The Morgan fingerprint density at radius 3 is 2.47 bits per heavy atom. The lowest BCUT2D eigenvalue weighted by molar-refractivity contribution is -0.115. The van der Waals surface area contributed by atoms with Gasteiger partial charge in [0.25, 0.3) is 5.91 Å². The third-order valence-electron chi connectivity index (χ3n) is 5.39. The fourth-order valence-corrected chi connectivity index (χ4v) is 4.72. The highest BCUT2D eigenvalue weighted by atomic mass is 35.5. The molecule has 0 radical (unpaired) electrons. The molecule has 1 fully saturated rings. The number of hydrogen-bond acceptors (Lipinski definition) is 4. The number of carbonyl (C=O) groups is 2. The molecule has 5 nitrogen and oxygen atoms in total. The molecule has 164 valence electrons. The summed E-state index contributed by atoms with van der Waals surface area (Å²) < 4.78 is 0. The maximum Gasteiger partial charge on any atom is 0.255 e. The standard InChI is InChI=1S/C25H24ClN3O2S/c1-17-9-11-20(15-21(17)26)28-24(30)23(18-7-3-2-4-8-18)32-22-12-10-19(16-27-22)25(31)29-13-5-6-14-29/h2-4,7-12,15-16,23H,5-6,13-14H2,1H3,(H,28,30). The van der Waals surface area contributed by atoms with E-state index in [9.17, 15) is 9.59 Å². The molecule has 32 heavy (non-hydrogen) atoms. The fourth-order valence-electron chi connectivity index (χ4n) is 3.58. The number of halogens is 1. The summed E-state index contributed by atoms with van der Waals surface area (Å²) in [5.74, 6) is -0.153. The van der Waals surface area contributed by atoms with Crippen LogP contribution in [0.5, 0.6) is 0 Å². The van der Waals surface area contributed by atoms with E-state index < -0.39 is 5.25 Å². The zero-order valence-corrected chi connectivity index (χ0v) is 19.3. The van der Waals surface area contributed by atoms with Crippen molar-refractivity contribution in [1.29, 1.82) is 0 Å². The summed E-state index contributed by atoms with van der Waals surface area (Å²) >= 11 is 7.56. The first-order valence-electron chi connectivity index (χ1n) is 10.6. The van der Waals surface area contributed by atoms with Crippen molar-refractivity contribution in [1.82, 2.24) is 9.88 Å². The first-order valence-corrected chi connectivity index (χ1v) is 11.8. The smallest absolute Gasteiger partial charge is 0.255 e. The van der Waals surface area contributed by atoms with Crippen LogP contribution in [0.1, 0.15) is 39.6 Å². The highest BCUT2D eigenvalue weighted by Gasteiger charge is 2.24. The quantitative estimate of drug-likeness (QED) is 0.471. The van der Waals surface area contributed by atoms with Crippen molar-refractivity contribution in [3.63, 3.8) is 0 Å². The monoisotopic (exact) mass is 465 g/mol. The zero-order valence-electron chi connectivity index (χ0n) is 17.8. The van der Waals surface area contributed by atoms with Crippen LogP contribution in [0, 0.1) is 6.92 Å². The van der Waals surface area contributed by atoms with Gasteiger partial charge >= 0.3 is 0 Å². The Bertz CT molecular complexity index is 1100. The van der Waals surface area contributed by atoms with E-state index in [0.717, 1.165) is 37.1 Å². The maximum atomic E-state index is 13.2. The molecule has 1 saturated heterocycles. The van der Waals surface area contributed by atoms with E-state index in [1.807, 2.05) is 54.3 Å². The van der Waals surface area contributed by atoms with Crippen molar-refractivity contribution in [2.75, 3.05) is 18.4 Å². The van der Waals surface area contributed by atoms with Crippen LogP contribution in [0.25, 0.3) is 0 Å². The SMILES string of the molecule is Cc1ccc(NC(=O)C(Sc2ccc(C(=O)N3CCCC3)cn2)c2ccccc2)cc1Cl. The summed E-state index contributed by atoms with van der Waals surface area (Å²) in [4.78, 5) is 32.1. The lowest BCUT2D eigenvalue weighted by Gasteiger charge is -2.18. The van der Waals surface area contributed by atoms with Gasteiger partial charge < -0.3 is 10.2 Å². The molecule has 1 unspecified atom stereocenters. The van der Waals surface area contributed by atoms with Gasteiger partial charge in [-0.05, 0) is 55.2 Å². The van der Waals surface area contributed by atoms with Gasteiger partial charge in [0.15, 0.2) is 0 Å². The summed E-state index contributed by atoms with van der Waals surface area (Å²) in [6.07, 6.45) is 3.70. The van der Waals surface area contributed by atoms with Gasteiger partial charge in [0.2, 0.25) is 5.91 Å². The van der Waals surface area contributed by atoms with E-state index in [-0.39, 0.29) is 11.8 Å².